The second-order valence-corrected chi connectivity index (χ2v) is 6.87. The van der Waals surface area contributed by atoms with Gasteiger partial charge in [-0.2, -0.15) is 4.98 Å². The number of aromatic amines is 1. The lowest BCUT2D eigenvalue weighted by Crippen LogP contribution is -2.54. The minimum atomic E-state index is 0.427. The van der Waals surface area contributed by atoms with Gasteiger partial charge in [0.05, 0.1) is 0 Å². The Hall–Kier alpha value is -1.11. The summed E-state index contributed by atoms with van der Waals surface area (Å²) in [6.07, 6.45) is 0. The third-order valence-corrected chi connectivity index (χ3v) is 4.13. The Balaban J connectivity index is 1.86. The van der Waals surface area contributed by atoms with Crippen molar-refractivity contribution in [3.05, 3.63) is 27.7 Å². The molecule has 3 rings (SSSR count). The molecule has 21 heavy (non-hydrogen) atoms. The molecule has 112 valence electrons. The first-order chi connectivity index (χ1) is 10.0. The second-order valence-electron chi connectivity index (χ2n) is 5.52. The lowest BCUT2D eigenvalue weighted by atomic mass is 10.1. The predicted molar refractivity (Wildman–Crippen MR) is 88.8 cm³/mol. The van der Waals surface area contributed by atoms with E-state index < -0.39 is 0 Å². The maximum absolute atomic E-state index is 6.08. The maximum atomic E-state index is 6.08. The lowest BCUT2D eigenvalue weighted by Gasteiger charge is -2.35. The summed E-state index contributed by atoms with van der Waals surface area (Å²) >= 11 is 9.53. The van der Waals surface area contributed by atoms with Gasteiger partial charge in [-0.25, -0.2) is 0 Å². The third-order valence-electron chi connectivity index (χ3n) is 3.45. The summed E-state index contributed by atoms with van der Waals surface area (Å²) in [5, 5.41) is 11.5. The fourth-order valence-electron chi connectivity index (χ4n) is 2.70. The first-order valence-electron chi connectivity index (χ1n) is 6.91. The summed E-state index contributed by atoms with van der Waals surface area (Å²) in [7, 11) is 0. The van der Waals surface area contributed by atoms with Crippen molar-refractivity contribution in [3.8, 4) is 11.4 Å². The quantitative estimate of drug-likeness (QED) is 0.853. The molecule has 2 N–H and O–H groups in total. The molecule has 1 aromatic carbocycles. The highest BCUT2D eigenvalue weighted by atomic mass is 79.9. The van der Waals surface area contributed by atoms with Gasteiger partial charge in [-0.1, -0.05) is 27.5 Å². The highest BCUT2D eigenvalue weighted by Crippen LogP contribution is 2.26. The fourth-order valence-corrected chi connectivity index (χ4v) is 3.56. The summed E-state index contributed by atoms with van der Waals surface area (Å²) in [5.74, 6) is 1.47. The van der Waals surface area contributed by atoms with E-state index in [-0.39, 0.29) is 0 Å². The largest absolute Gasteiger partial charge is 0.336 e. The van der Waals surface area contributed by atoms with Crippen LogP contribution in [-0.2, 0) is 0 Å². The van der Waals surface area contributed by atoms with E-state index in [1.54, 1.807) is 0 Å². The molecule has 1 fully saturated rings. The van der Waals surface area contributed by atoms with E-state index in [1.165, 1.54) is 0 Å². The molecule has 1 aromatic heterocycles. The summed E-state index contributed by atoms with van der Waals surface area (Å²) < 4.78 is 0.923. The van der Waals surface area contributed by atoms with Gasteiger partial charge >= 0.3 is 0 Å². The zero-order valence-corrected chi connectivity index (χ0v) is 14.2. The normalized spacial score (nSPS) is 22.6. The van der Waals surface area contributed by atoms with Crippen molar-refractivity contribution in [2.24, 2.45) is 0 Å². The van der Waals surface area contributed by atoms with Gasteiger partial charge in [-0.3, -0.25) is 5.10 Å². The predicted octanol–water partition coefficient (Wildman–Crippen LogP) is 3.07. The molecule has 2 aromatic rings. The van der Waals surface area contributed by atoms with Gasteiger partial charge in [-0.15, -0.1) is 5.10 Å². The summed E-state index contributed by atoms with van der Waals surface area (Å²) in [6.45, 7) is 6.15. The molecular formula is C14H17BrClN5. The van der Waals surface area contributed by atoms with Crippen molar-refractivity contribution < 1.29 is 0 Å². The average molecular weight is 371 g/mol. The summed E-state index contributed by atoms with van der Waals surface area (Å²) in [4.78, 5) is 6.81. The van der Waals surface area contributed by atoms with Crippen molar-refractivity contribution in [1.82, 2.24) is 20.5 Å². The standard InChI is InChI=1S/C14H17BrClN5/c1-8-6-21(7-9(2)17-8)14-18-13(19-20-14)10-3-11(15)5-12(16)4-10/h3-5,8-9,17H,6-7H2,1-2H3,(H,18,19,20). The average Bonchev–Trinajstić information content (AvgIpc) is 2.85. The van der Waals surface area contributed by atoms with Crippen LogP contribution in [0.4, 0.5) is 5.95 Å². The number of hydrogen-bond acceptors (Lipinski definition) is 4. The van der Waals surface area contributed by atoms with Gasteiger partial charge in [0.1, 0.15) is 0 Å². The minimum absolute atomic E-state index is 0.427. The van der Waals surface area contributed by atoms with Crippen LogP contribution in [-0.4, -0.2) is 40.4 Å². The highest BCUT2D eigenvalue weighted by Gasteiger charge is 2.23. The van der Waals surface area contributed by atoms with E-state index >= 15 is 0 Å². The fraction of sp³-hybridized carbons (Fsp3) is 0.429. The number of halogens is 2. The Kier molecular flexibility index (Phi) is 4.19. The molecule has 1 saturated heterocycles. The third kappa shape index (κ3) is 3.39. The van der Waals surface area contributed by atoms with Gasteiger partial charge < -0.3 is 10.2 Å². The highest BCUT2D eigenvalue weighted by molar-refractivity contribution is 9.10. The van der Waals surface area contributed by atoms with E-state index in [4.69, 9.17) is 11.6 Å². The van der Waals surface area contributed by atoms with Crippen molar-refractivity contribution in [3.63, 3.8) is 0 Å². The number of rotatable bonds is 2. The number of nitrogens with one attached hydrogen (secondary N) is 2. The second kappa shape index (κ2) is 5.94. The van der Waals surface area contributed by atoms with Gasteiger partial charge in [0, 0.05) is 40.2 Å². The molecule has 0 bridgehead atoms. The molecule has 1 aliphatic heterocycles. The Morgan fingerprint density at radius 3 is 2.62 bits per heavy atom. The SMILES string of the molecule is CC1CN(c2n[nH]c(-c3cc(Cl)cc(Br)c3)n2)CC(C)N1. The van der Waals surface area contributed by atoms with Crippen molar-refractivity contribution in [1.29, 1.82) is 0 Å². The molecule has 1 aliphatic rings. The molecule has 0 aliphatic carbocycles. The van der Waals surface area contributed by atoms with Crippen LogP contribution < -0.4 is 10.2 Å². The maximum Gasteiger partial charge on any atom is 0.245 e. The molecular weight excluding hydrogens is 354 g/mol. The minimum Gasteiger partial charge on any atom is -0.336 e. The molecule has 2 atom stereocenters. The number of aromatic nitrogens is 3. The zero-order valence-electron chi connectivity index (χ0n) is 11.9. The van der Waals surface area contributed by atoms with E-state index in [2.05, 4.69) is 55.2 Å². The Morgan fingerprint density at radius 1 is 1.24 bits per heavy atom. The van der Waals surface area contributed by atoms with Crippen LogP contribution in [0.1, 0.15) is 13.8 Å². The van der Waals surface area contributed by atoms with E-state index in [9.17, 15) is 0 Å². The summed E-state index contributed by atoms with van der Waals surface area (Å²) in [5.41, 5.74) is 0.921. The molecule has 0 saturated carbocycles. The van der Waals surface area contributed by atoms with Gasteiger partial charge in [0.25, 0.3) is 0 Å². The van der Waals surface area contributed by atoms with E-state index in [1.807, 2.05) is 18.2 Å². The van der Waals surface area contributed by atoms with E-state index in [0.717, 1.165) is 34.9 Å². The number of nitrogens with zero attached hydrogens (tertiary/aromatic N) is 3. The van der Waals surface area contributed by atoms with Crippen LogP contribution in [0.2, 0.25) is 5.02 Å². The number of benzene rings is 1. The Bertz CT molecular complexity index is 614. The van der Waals surface area contributed by atoms with Gasteiger partial charge in [0.15, 0.2) is 5.82 Å². The Labute approximate surface area is 137 Å². The van der Waals surface area contributed by atoms with Crippen LogP contribution in [0.5, 0.6) is 0 Å². The molecule has 5 nitrogen and oxygen atoms in total. The smallest absolute Gasteiger partial charge is 0.245 e. The van der Waals surface area contributed by atoms with Gasteiger partial charge in [-0.05, 0) is 32.0 Å². The Morgan fingerprint density at radius 2 is 1.95 bits per heavy atom. The first-order valence-corrected chi connectivity index (χ1v) is 8.08. The molecule has 0 radical (unpaired) electrons. The van der Waals surface area contributed by atoms with Crippen LogP contribution in [0.3, 0.4) is 0 Å². The topological polar surface area (TPSA) is 56.8 Å². The van der Waals surface area contributed by atoms with Crippen LogP contribution >= 0.6 is 27.5 Å². The number of H-pyrrole nitrogens is 1. The van der Waals surface area contributed by atoms with E-state index in [0.29, 0.717) is 17.1 Å². The monoisotopic (exact) mass is 369 g/mol. The van der Waals surface area contributed by atoms with Crippen LogP contribution in [0, 0.1) is 0 Å². The van der Waals surface area contributed by atoms with Gasteiger partial charge in [0.2, 0.25) is 5.95 Å². The van der Waals surface area contributed by atoms with Crippen LogP contribution in [0.25, 0.3) is 11.4 Å². The zero-order chi connectivity index (χ0) is 15.0. The van der Waals surface area contributed by atoms with Crippen molar-refractivity contribution >= 4 is 33.5 Å². The lowest BCUT2D eigenvalue weighted by molar-refractivity contribution is 0.403. The molecule has 0 amide bonds. The van der Waals surface area contributed by atoms with Crippen LogP contribution in [0.15, 0.2) is 22.7 Å². The first kappa shape index (κ1) is 14.8. The number of anilines is 1. The molecule has 2 heterocycles. The molecule has 7 heteroatoms. The number of piperazine rings is 1. The number of hydrogen-bond donors (Lipinski definition) is 2. The summed E-state index contributed by atoms with van der Waals surface area (Å²) in [6, 6.07) is 6.55. The van der Waals surface area contributed by atoms with Crippen molar-refractivity contribution in [2.75, 3.05) is 18.0 Å². The molecule has 0 spiro atoms. The van der Waals surface area contributed by atoms with Crippen molar-refractivity contribution in [2.45, 2.75) is 25.9 Å². The molecule has 2 unspecified atom stereocenters.